The van der Waals surface area contributed by atoms with Crippen LogP contribution in [0.2, 0.25) is 0 Å². The van der Waals surface area contributed by atoms with Gasteiger partial charge in [-0.25, -0.2) is 0 Å². The van der Waals surface area contributed by atoms with Gasteiger partial charge < -0.3 is 14.6 Å². The molecule has 1 aromatic rings. The molecule has 0 aromatic carbocycles. The zero-order valence-corrected chi connectivity index (χ0v) is 7.99. The average molecular weight is 196 g/mol. The van der Waals surface area contributed by atoms with Crippen molar-refractivity contribution >= 4 is 11.8 Å². The lowest BCUT2D eigenvalue weighted by Crippen LogP contribution is -2.43. The molecule has 14 heavy (non-hydrogen) atoms. The largest absolute Gasteiger partial charge is 0.400 e. The van der Waals surface area contributed by atoms with Crippen molar-refractivity contribution in [1.29, 1.82) is 0 Å². The molecule has 76 valence electrons. The fourth-order valence-electron chi connectivity index (χ4n) is 1.34. The fraction of sp³-hybridized carbons (Fsp3) is 0.625. The maximum atomic E-state index is 10.9. The van der Waals surface area contributed by atoms with Crippen LogP contribution in [0.4, 0.5) is 6.01 Å². The number of aromatic nitrogens is 2. The molecule has 0 amide bonds. The molecule has 1 N–H and O–H groups in total. The van der Waals surface area contributed by atoms with Gasteiger partial charge in [-0.3, -0.25) is 4.79 Å². The van der Waals surface area contributed by atoms with Gasteiger partial charge in [-0.15, -0.1) is 5.10 Å². The second-order valence-corrected chi connectivity index (χ2v) is 3.18. The van der Waals surface area contributed by atoms with E-state index in [4.69, 9.17) is 4.42 Å². The average Bonchev–Trinajstić information content (AvgIpc) is 2.68. The van der Waals surface area contributed by atoms with E-state index in [1.165, 1.54) is 6.92 Å². The van der Waals surface area contributed by atoms with Crippen molar-refractivity contribution in [2.45, 2.75) is 6.92 Å². The van der Waals surface area contributed by atoms with E-state index in [-0.39, 0.29) is 11.7 Å². The highest BCUT2D eigenvalue weighted by Gasteiger charge is 2.17. The van der Waals surface area contributed by atoms with Crippen molar-refractivity contribution in [2.24, 2.45) is 0 Å². The van der Waals surface area contributed by atoms with E-state index in [9.17, 15) is 4.79 Å². The van der Waals surface area contributed by atoms with E-state index in [0.29, 0.717) is 6.01 Å². The van der Waals surface area contributed by atoms with Gasteiger partial charge in [0.25, 0.3) is 5.89 Å². The summed E-state index contributed by atoms with van der Waals surface area (Å²) in [5, 5.41) is 10.7. The summed E-state index contributed by atoms with van der Waals surface area (Å²) in [5.41, 5.74) is 0. The molecule has 6 heteroatoms. The summed E-state index contributed by atoms with van der Waals surface area (Å²) in [4.78, 5) is 12.9. The number of carbonyl (C=O) groups is 1. The Morgan fingerprint density at radius 3 is 2.71 bits per heavy atom. The van der Waals surface area contributed by atoms with Crippen LogP contribution in [0.15, 0.2) is 4.42 Å². The molecule has 2 rings (SSSR count). The minimum atomic E-state index is -0.195. The minimum Gasteiger partial charge on any atom is -0.400 e. The standard InChI is InChI=1S/C8H12N4O2/c1-6(13)7-10-11-8(14-7)12-4-2-9-3-5-12/h9H,2-5H2,1H3. The van der Waals surface area contributed by atoms with Gasteiger partial charge in [-0.05, 0) is 0 Å². The van der Waals surface area contributed by atoms with Crippen LogP contribution in [0.5, 0.6) is 0 Å². The highest BCUT2D eigenvalue weighted by atomic mass is 16.4. The van der Waals surface area contributed by atoms with Gasteiger partial charge in [-0.2, -0.15) is 0 Å². The van der Waals surface area contributed by atoms with Crippen molar-refractivity contribution in [3.8, 4) is 0 Å². The third-order valence-corrected chi connectivity index (χ3v) is 2.10. The zero-order chi connectivity index (χ0) is 9.97. The molecule has 0 spiro atoms. The summed E-state index contributed by atoms with van der Waals surface area (Å²) >= 11 is 0. The number of rotatable bonds is 2. The normalized spacial score (nSPS) is 17.1. The van der Waals surface area contributed by atoms with Gasteiger partial charge >= 0.3 is 6.01 Å². The van der Waals surface area contributed by atoms with E-state index >= 15 is 0 Å². The van der Waals surface area contributed by atoms with Crippen LogP contribution in [-0.2, 0) is 0 Å². The number of Topliss-reactive ketones (excluding diaryl/α,β-unsaturated/α-hetero) is 1. The Hall–Kier alpha value is -1.43. The molecule has 1 aliphatic rings. The molecule has 6 nitrogen and oxygen atoms in total. The molecule has 2 heterocycles. The number of nitrogens with zero attached hydrogens (tertiary/aromatic N) is 3. The molecule has 0 unspecified atom stereocenters. The smallest absolute Gasteiger partial charge is 0.318 e. The van der Waals surface area contributed by atoms with E-state index in [1.807, 2.05) is 4.90 Å². The van der Waals surface area contributed by atoms with Crippen molar-refractivity contribution in [3.05, 3.63) is 5.89 Å². The Labute approximate surface area is 81.3 Å². The van der Waals surface area contributed by atoms with Crippen LogP contribution >= 0.6 is 0 Å². The third kappa shape index (κ3) is 1.74. The molecule has 0 bridgehead atoms. The molecule has 0 atom stereocenters. The molecule has 0 radical (unpaired) electrons. The van der Waals surface area contributed by atoms with Gasteiger partial charge in [0.15, 0.2) is 0 Å². The van der Waals surface area contributed by atoms with Crippen molar-refractivity contribution in [1.82, 2.24) is 15.5 Å². The lowest BCUT2D eigenvalue weighted by Gasteiger charge is -2.24. The fourth-order valence-corrected chi connectivity index (χ4v) is 1.34. The molecular weight excluding hydrogens is 184 g/mol. The zero-order valence-electron chi connectivity index (χ0n) is 7.99. The predicted molar refractivity (Wildman–Crippen MR) is 49.4 cm³/mol. The summed E-state index contributed by atoms with van der Waals surface area (Å²) in [6.07, 6.45) is 0. The molecule has 1 aromatic heterocycles. The monoisotopic (exact) mass is 196 g/mol. The summed E-state index contributed by atoms with van der Waals surface area (Å²) in [6.45, 7) is 4.88. The first kappa shape index (κ1) is 9.14. The van der Waals surface area contributed by atoms with E-state index in [2.05, 4.69) is 15.5 Å². The Kier molecular flexibility index (Phi) is 2.45. The highest BCUT2D eigenvalue weighted by Crippen LogP contribution is 2.12. The van der Waals surface area contributed by atoms with Crippen molar-refractivity contribution < 1.29 is 9.21 Å². The lowest BCUT2D eigenvalue weighted by molar-refractivity contribution is 0.0981. The first-order chi connectivity index (χ1) is 6.77. The summed E-state index contributed by atoms with van der Waals surface area (Å²) in [7, 11) is 0. The number of carbonyl (C=O) groups excluding carboxylic acids is 1. The number of nitrogens with one attached hydrogen (secondary N) is 1. The van der Waals surface area contributed by atoms with E-state index in [0.717, 1.165) is 26.2 Å². The molecule has 1 saturated heterocycles. The number of ketones is 1. The first-order valence-electron chi connectivity index (χ1n) is 4.57. The first-order valence-corrected chi connectivity index (χ1v) is 4.57. The van der Waals surface area contributed by atoms with Crippen molar-refractivity contribution in [2.75, 3.05) is 31.1 Å². The van der Waals surface area contributed by atoms with Crippen LogP contribution in [-0.4, -0.2) is 42.2 Å². The highest BCUT2D eigenvalue weighted by molar-refractivity contribution is 5.89. The lowest BCUT2D eigenvalue weighted by atomic mass is 10.4. The molecule has 1 fully saturated rings. The summed E-state index contributed by atoms with van der Waals surface area (Å²) in [6, 6.07) is 0.441. The van der Waals surface area contributed by atoms with Crippen LogP contribution < -0.4 is 10.2 Å². The Balaban J connectivity index is 2.11. The van der Waals surface area contributed by atoms with Crippen LogP contribution in [0, 0.1) is 0 Å². The maximum Gasteiger partial charge on any atom is 0.318 e. The van der Waals surface area contributed by atoms with E-state index < -0.39 is 0 Å². The van der Waals surface area contributed by atoms with Crippen LogP contribution in [0.3, 0.4) is 0 Å². The van der Waals surface area contributed by atoms with Gasteiger partial charge in [0, 0.05) is 33.1 Å². The van der Waals surface area contributed by atoms with Gasteiger partial charge in [0.05, 0.1) is 0 Å². The second-order valence-electron chi connectivity index (χ2n) is 3.18. The number of hydrogen-bond acceptors (Lipinski definition) is 6. The molecule has 1 aliphatic heterocycles. The number of hydrogen-bond donors (Lipinski definition) is 1. The molecular formula is C8H12N4O2. The van der Waals surface area contributed by atoms with Crippen molar-refractivity contribution in [3.63, 3.8) is 0 Å². The Bertz CT molecular complexity index is 330. The Morgan fingerprint density at radius 2 is 2.14 bits per heavy atom. The number of anilines is 1. The van der Waals surface area contributed by atoms with E-state index in [1.54, 1.807) is 0 Å². The minimum absolute atomic E-state index is 0.0820. The maximum absolute atomic E-state index is 10.9. The third-order valence-electron chi connectivity index (χ3n) is 2.10. The van der Waals surface area contributed by atoms with Crippen LogP contribution in [0.25, 0.3) is 0 Å². The van der Waals surface area contributed by atoms with Gasteiger partial charge in [0.2, 0.25) is 5.78 Å². The number of piperazine rings is 1. The molecule has 0 saturated carbocycles. The quantitative estimate of drug-likeness (QED) is 0.654. The Morgan fingerprint density at radius 1 is 1.43 bits per heavy atom. The topological polar surface area (TPSA) is 71.3 Å². The SMILES string of the molecule is CC(=O)c1nnc(N2CCNCC2)o1. The molecule has 0 aliphatic carbocycles. The predicted octanol–water partition coefficient (Wildman–Crippen LogP) is -0.318. The summed E-state index contributed by atoms with van der Waals surface area (Å²) in [5.74, 6) is -0.114. The summed E-state index contributed by atoms with van der Waals surface area (Å²) < 4.78 is 5.21. The van der Waals surface area contributed by atoms with Gasteiger partial charge in [-0.1, -0.05) is 5.10 Å². The van der Waals surface area contributed by atoms with Crippen LogP contribution in [0.1, 0.15) is 17.6 Å². The van der Waals surface area contributed by atoms with Gasteiger partial charge in [0.1, 0.15) is 0 Å². The second kappa shape index (κ2) is 3.75.